The van der Waals surface area contributed by atoms with Crippen molar-refractivity contribution in [1.82, 2.24) is 0 Å². The highest BCUT2D eigenvalue weighted by atomic mass is 16.3. The van der Waals surface area contributed by atoms with Gasteiger partial charge in [-0.3, -0.25) is 0 Å². The van der Waals surface area contributed by atoms with Crippen LogP contribution in [0.4, 0.5) is 17.1 Å². The summed E-state index contributed by atoms with van der Waals surface area (Å²) in [7, 11) is 0. The molecule has 0 spiro atoms. The van der Waals surface area contributed by atoms with E-state index in [9.17, 15) is 0 Å². The van der Waals surface area contributed by atoms with Crippen LogP contribution >= 0.6 is 0 Å². The zero-order chi connectivity index (χ0) is 34.9. The molecule has 248 valence electrons. The lowest BCUT2D eigenvalue weighted by Gasteiger charge is -2.35. The molecule has 1 aliphatic carbocycles. The zero-order valence-electron chi connectivity index (χ0n) is 28.9. The molecule has 0 aliphatic heterocycles. The van der Waals surface area contributed by atoms with Crippen molar-refractivity contribution < 1.29 is 4.42 Å². The molecule has 0 bridgehead atoms. The highest BCUT2D eigenvalue weighted by Gasteiger charge is 2.46. The van der Waals surface area contributed by atoms with Crippen molar-refractivity contribution in [2.45, 2.75) is 5.41 Å². The maximum atomic E-state index is 6.72. The second kappa shape index (κ2) is 11.6. The van der Waals surface area contributed by atoms with Crippen LogP contribution in [0, 0.1) is 0 Å². The molecule has 1 aliphatic rings. The van der Waals surface area contributed by atoms with Gasteiger partial charge >= 0.3 is 0 Å². The van der Waals surface area contributed by atoms with E-state index in [-0.39, 0.29) is 0 Å². The van der Waals surface area contributed by atoms with Crippen LogP contribution in [0.2, 0.25) is 0 Å². The summed E-state index contributed by atoms with van der Waals surface area (Å²) < 4.78 is 6.72. The van der Waals surface area contributed by atoms with Crippen molar-refractivity contribution >= 4 is 60.5 Å². The molecule has 0 unspecified atom stereocenters. The van der Waals surface area contributed by atoms with Gasteiger partial charge in [0.2, 0.25) is 0 Å². The Morgan fingerprint density at radius 1 is 0.377 bits per heavy atom. The number of benzene rings is 9. The van der Waals surface area contributed by atoms with Crippen molar-refractivity contribution in [3.8, 4) is 11.1 Å². The molecule has 9 aromatic carbocycles. The Balaban J connectivity index is 1.15. The Morgan fingerprint density at radius 3 is 1.77 bits per heavy atom. The van der Waals surface area contributed by atoms with E-state index >= 15 is 0 Å². The Kier molecular flexibility index (Phi) is 6.50. The van der Waals surface area contributed by atoms with E-state index < -0.39 is 5.41 Å². The number of furan rings is 1. The van der Waals surface area contributed by atoms with Crippen molar-refractivity contribution in [1.29, 1.82) is 0 Å². The van der Waals surface area contributed by atoms with Gasteiger partial charge in [0, 0.05) is 33.2 Å². The maximum absolute atomic E-state index is 6.72. The van der Waals surface area contributed by atoms with E-state index in [0.29, 0.717) is 0 Å². The van der Waals surface area contributed by atoms with Crippen LogP contribution in [0.15, 0.2) is 205 Å². The van der Waals surface area contributed by atoms with E-state index in [1.807, 2.05) is 0 Å². The number of anilines is 3. The van der Waals surface area contributed by atoms with Crippen molar-refractivity contribution in [2.24, 2.45) is 0 Å². The lowest BCUT2D eigenvalue weighted by atomic mass is 9.67. The predicted molar refractivity (Wildman–Crippen MR) is 221 cm³/mol. The van der Waals surface area contributed by atoms with Gasteiger partial charge in [-0.1, -0.05) is 152 Å². The summed E-state index contributed by atoms with van der Waals surface area (Å²) in [6.07, 6.45) is 0. The third-order valence-electron chi connectivity index (χ3n) is 11.3. The first-order chi connectivity index (χ1) is 26.3. The first kappa shape index (κ1) is 29.8. The van der Waals surface area contributed by atoms with E-state index in [1.54, 1.807) is 0 Å². The molecule has 0 amide bonds. The molecule has 0 radical (unpaired) electrons. The van der Waals surface area contributed by atoms with Gasteiger partial charge < -0.3 is 9.32 Å². The monoisotopic (exact) mass is 675 g/mol. The van der Waals surface area contributed by atoms with Crippen molar-refractivity contribution in [3.05, 3.63) is 222 Å². The van der Waals surface area contributed by atoms with Gasteiger partial charge in [-0.25, -0.2) is 0 Å². The second-order valence-electron chi connectivity index (χ2n) is 14.0. The van der Waals surface area contributed by atoms with Crippen LogP contribution in [0.3, 0.4) is 0 Å². The molecule has 0 saturated heterocycles. The lowest BCUT2D eigenvalue weighted by molar-refractivity contribution is 0.673. The highest BCUT2D eigenvalue weighted by Crippen LogP contribution is 2.56. The van der Waals surface area contributed by atoms with Crippen molar-refractivity contribution in [3.63, 3.8) is 0 Å². The Morgan fingerprint density at radius 2 is 0.981 bits per heavy atom. The van der Waals surface area contributed by atoms with Crippen LogP contribution in [-0.2, 0) is 5.41 Å². The van der Waals surface area contributed by atoms with E-state index in [0.717, 1.165) is 44.4 Å². The number of nitrogens with zero attached hydrogens (tertiary/aromatic N) is 1. The average molecular weight is 676 g/mol. The quantitative estimate of drug-likeness (QED) is 0.169. The number of hydrogen-bond acceptors (Lipinski definition) is 2. The largest absolute Gasteiger partial charge is 0.455 e. The molecule has 1 aromatic heterocycles. The average Bonchev–Trinajstić information content (AvgIpc) is 3.75. The second-order valence-corrected chi connectivity index (χ2v) is 14.0. The van der Waals surface area contributed by atoms with Gasteiger partial charge in [0.15, 0.2) is 0 Å². The summed E-state index contributed by atoms with van der Waals surface area (Å²) in [6.45, 7) is 0. The molecule has 2 nitrogen and oxygen atoms in total. The van der Waals surface area contributed by atoms with Crippen molar-refractivity contribution in [2.75, 3.05) is 4.90 Å². The lowest BCUT2D eigenvalue weighted by Crippen LogP contribution is -2.28. The van der Waals surface area contributed by atoms with Gasteiger partial charge in [-0.15, -0.1) is 0 Å². The van der Waals surface area contributed by atoms with Gasteiger partial charge in [0.1, 0.15) is 11.2 Å². The first-order valence-electron chi connectivity index (χ1n) is 18.3. The fourth-order valence-corrected chi connectivity index (χ4v) is 9.06. The number of hydrogen-bond donors (Lipinski definition) is 0. The van der Waals surface area contributed by atoms with Crippen LogP contribution < -0.4 is 4.90 Å². The molecule has 0 fully saturated rings. The molecule has 0 saturated carbocycles. The van der Waals surface area contributed by atoms with Crippen LogP contribution in [0.1, 0.15) is 22.3 Å². The third kappa shape index (κ3) is 4.33. The summed E-state index contributed by atoms with van der Waals surface area (Å²) >= 11 is 0. The van der Waals surface area contributed by atoms with Crippen LogP contribution in [0.25, 0.3) is 54.6 Å². The van der Waals surface area contributed by atoms with Gasteiger partial charge in [0.05, 0.1) is 5.41 Å². The number of rotatable bonds is 5. The molecule has 2 heteroatoms. The summed E-state index contributed by atoms with van der Waals surface area (Å²) in [5.74, 6) is 0. The number of fused-ring (bicyclic) bond motifs is 10. The Labute approximate surface area is 307 Å². The van der Waals surface area contributed by atoms with Gasteiger partial charge in [-0.05, 0) is 98.1 Å². The third-order valence-corrected chi connectivity index (χ3v) is 11.3. The van der Waals surface area contributed by atoms with E-state index in [2.05, 4.69) is 205 Å². The fraction of sp³-hybridized carbons (Fsp3) is 0.0196. The SMILES string of the molecule is c1ccc(N(c2cccc(C3(c4ccccc4)c4ccccc4-c4ccccc43)c2)c2ccc3oc4c(ccc5ccc6ccccc6c54)c3c2)cc1. The maximum Gasteiger partial charge on any atom is 0.143 e. The standard InChI is InChI=1S/C51H33NO/c1-3-15-36(16-4-1)51(46-24-11-9-22-42(46)43-23-10-12-25-47(43)51)37-17-13-20-39(32-37)52(38-18-5-2-6-19-38)40-29-31-48-45(33-40)44-30-28-35-27-26-34-14-7-8-21-41(34)49(35)50(44)53-48/h1-33H. The molecule has 0 atom stereocenters. The minimum absolute atomic E-state index is 0.485. The highest BCUT2D eigenvalue weighted by molar-refractivity contribution is 6.23. The molecule has 1 heterocycles. The molecule has 0 N–H and O–H groups in total. The Bertz CT molecular complexity index is 2970. The topological polar surface area (TPSA) is 16.4 Å². The number of para-hydroxylation sites is 1. The normalized spacial score (nSPS) is 13.1. The van der Waals surface area contributed by atoms with E-state index in [1.165, 1.54) is 49.5 Å². The summed E-state index contributed by atoms with van der Waals surface area (Å²) in [5.41, 5.74) is 12.3. The Hall–Kier alpha value is -6.90. The molecule has 11 rings (SSSR count). The minimum atomic E-state index is -0.485. The summed E-state index contributed by atoms with van der Waals surface area (Å²) in [4.78, 5) is 2.38. The summed E-state index contributed by atoms with van der Waals surface area (Å²) in [6, 6.07) is 72.7. The molecular weight excluding hydrogens is 643 g/mol. The minimum Gasteiger partial charge on any atom is -0.455 e. The summed E-state index contributed by atoms with van der Waals surface area (Å²) in [5, 5.41) is 6.98. The van der Waals surface area contributed by atoms with Gasteiger partial charge in [-0.2, -0.15) is 0 Å². The molecule has 10 aromatic rings. The first-order valence-corrected chi connectivity index (χ1v) is 18.3. The molecular formula is C51H33NO. The predicted octanol–water partition coefficient (Wildman–Crippen LogP) is 13.7. The zero-order valence-corrected chi connectivity index (χ0v) is 28.9. The molecule has 53 heavy (non-hydrogen) atoms. The van der Waals surface area contributed by atoms with Crippen LogP contribution in [-0.4, -0.2) is 0 Å². The van der Waals surface area contributed by atoms with Gasteiger partial charge in [0.25, 0.3) is 0 Å². The smallest absolute Gasteiger partial charge is 0.143 e. The van der Waals surface area contributed by atoms with E-state index in [4.69, 9.17) is 4.42 Å². The van der Waals surface area contributed by atoms with Crippen LogP contribution in [0.5, 0.6) is 0 Å². The fourth-order valence-electron chi connectivity index (χ4n) is 9.06.